The molecule has 26 heavy (non-hydrogen) atoms. The van der Waals surface area contributed by atoms with Crippen molar-refractivity contribution in [1.29, 1.82) is 0 Å². The summed E-state index contributed by atoms with van der Waals surface area (Å²) in [5.41, 5.74) is 1.50. The topological polar surface area (TPSA) is 57.4 Å². The monoisotopic (exact) mass is 366 g/mol. The van der Waals surface area contributed by atoms with Gasteiger partial charge in [0.1, 0.15) is 11.3 Å². The van der Waals surface area contributed by atoms with E-state index in [1.165, 1.54) is 18.2 Å². The summed E-state index contributed by atoms with van der Waals surface area (Å²) in [6.07, 6.45) is -1.45. The largest absolute Gasteiger partial charge is 0.491 e. The smallest absolute Gasteiger partial charge is 0.393 e. The number of hydrogen-bond acceptors (Lipinski definition) is 5. The Morgan fingerprint density at radius 3 is 2.77 bits per heavy atom. The second kappa shape index (κ2) is 7.74. The van der Waals surface area contributed by atoms with Crippen molar-refractivity contribution < 1.29 is 27.1 Å². The summed E-state index contributed by atoms with van der Waals surface area (Å²) < 4.78 is 54.0. The van der Waals surface area contributed by atoms with Gasteiger partial charge in [-0.3, -0.25) is 4.98 Å². The Hall–Kier alpha value is -2.61. The van der Waals surface area contributed by atoms with Gasteiger partial charge in [-0.1, -0.05) is 6.07 Å². The van der Waals surface area contributed by atoms with Gasteiger partial charge >= 0.3 is 6.18 Å². The van der Waals surface area contributed by atoms with Crippen molar-refractivity contribution >= 4 is 11.1 Å². The average Bonchev–Trinajstić information content (AvgIpc) is 3.01. The number of benzene rings is 1. The van der Waals surface area contributed by atoms with Crippen molar-refractivity contribution in [2.75, 3.05) is 20.3 Å². The van der Waals surface area contributed by atoms with Crippen molar-refractivity contribution in [3.63, 3.8) is 0 Å². The number of rotatable bonds is 7. The van der Waals surface area contributed by atoms with E-state index in [9.17, 15) is 13.2 Å². The van der Waals surface area contributed by atoms with Crippen molar-refractivity contribution in [1.82, 2.24) is 9.97 Å². The molecule has 0 spiro atoms. The Morgan fingerprint density at radius 1 is 1.15 bits per heavy atom. The van der Waals surface area contributed by atoms with Gasteiger partial charge in [-0.2, -0.15) is 13.2 Å². The fraction of sp³-hybridized carbons (Fsp3) is 0.333. The normalized spacial score (nSPS) is 11.8. The minimum absolute atomic E-state index is 0.135. The van der Waals surface area contributed by atoms with Gasteiger partial charge in [0.25, 0.3) is 0 Å². The molecule has 0 atom stereocenters. The fourth-order valence-corrected chi connectivity index (χ4v) is 2.49. The maximum absolute atomic E-state index is 12.6. The number of aromatic nitrogens is 2. The zero-order valence-corrected chi connectivity index (χ0v) is 14.0. The number of pyridine rings is 1. The number of ether oxygens (including phenoxy) is 2. The molecule has 0 saturated carbocycles. The molecule has 138 valence electrons. The number of nitrogens with zero attached hydrogens (tertiary/aromatic N) is 2. The van der Waals surface area contributed by atoms with E-state index in [2.05, 4.69) is 9.97 Å². The van der Waals surface area contributed by atoms with E-state index >= 15 is 0 Å². The molecule has 0 aliphatic carbocycles. The van der Waals surface area contributed by atoms with Gasteiger partial charge in [-0.25, -0.2) is 4.98 Å². The van der Waals surface area contributed by atoms with Gasteiger partial charge in [-0.15, -0.1) is 0 Å². The van der Waals surface area contributed by atoms with E-state index in [4.69, 9.17) is 13.9 Å². The second-order valence-electron chi connectivity index (χ2n) is 5.68. The molecule has 2 aromatic heterocycles. The number of hydrogen-bond donors (Lipinski definition) is 0. The highest BCUT2D eigenvalue weighted by Gasteiger charge is 2.28. The predicted octanol–water partition coefficient (Wildman–Crippen LogP) is 4.41. The zero-order chi connectivity index (χ0) is 18.6. The van der Waals surface area contributed by atoms with Crippen LogP contribution in [0.15, 0.2) is 41.1 Å². The summed E-state index contributed by atoms with van der Waals surface area (Å²) in [4.78, 5) is 8.34. The van der Waals surface area contributed by atoms with Crippen LogP contribution in [0.5, 0.6) is 5.75 Å². The molecule has 0 radical (unpaired) electrons. The van der Waals surface area contributed by atoms with Crippen LogP contribution in [0.1, 0.15) is 12.0 Å². The Balaban J connectivity index is 1.86. The van der Waals surface area contributed by atoms with E-state index in [1.54, 1.807) is 25.6 Å². The van der Waals surface area contributed by atoms with Crippen LogP contribution >= 0.6 is 0 Å². The van der Waals surface area contributed by atoms with E-state index in [0.717, 1.165) is 0 Å². The van der Waals surface area contributed by atoms with Crippen LogP contribution < -0.4 is 4.74 Å². The molecule has 3 rings (SSSR count). The molecule has 0 saturated heterocycles. The SMILES string of the molecule is COCCCOc1cnccc1-c1nc2cc(CC(F)(F)F)ccc2o1. The van der Waals surface area contributed by atoms with Gasteiger partial charge in [0.05, 0.1) is 24.8 Å². The van der Waals surface area contributed by atoms with Crippen LogP contribution in [0.4, 0.5) is 13.2 Å². The van der Waals surface area contributed by atoms with Crippen LogP contribution in [-0.2, 0) is 11.2 Å². The first-order chi connectivity index (χ1) is 12.5. The number of alkyl halides is 3. The Bertz CT molecular complexity index is 877. The Kier molecular flexibility index (Phi) is 5.41. The molecular weight excluding hydrogens is 349 g/mol. The van der Waals surface area contributed by atoms with E-state index < -0.39 is 12.6 Å². The molecule has 0 aliphatic heterocycles. The highest BCUT2D eigenvalue weighted by Crippen LogP contribution is 2.32. The van der Waals surface area contributed by atoms with Crippen molar-refractivity contribution in [2.45, 2.75) is 19.0 Å². The average molecular weight is 366 g/mol. The minimum atomic E-state index is -4.27. The number of fused-ring (bicyclic) bond motifs is 1. The number of oxazole rings is 1. The third kappa shape index (κ3) is 4.51. The molecule has 5 nitrogen and oxygen atoms in total. The predicted molar refractivity (Wildman–Crippen MR) is 89.0 cm³/mol. The molecule has 0 N–H and O–H groups in total. The fourth-order valence-electron chi connectivity index (χ4n) is 2.49. The first-order valence-electron chi connectivity index (χ1n) is 7.98. The molecule has 0 amide bonds. The van der Waals surface area contributed by atoms with E-state index in [1.807, 2.05) is 0 Å². The van der Waals surface area contributed by atoms with Gasteiger partial charge < -0.3 is 13.9 Å². The summed E-state index contributed by atoms with van der Waals surface area (Å²) in [6, 6.07) is 5.95. The summed E-state index contributed by atoms with van der Waals surface area (Å²) in [6.45, 7) is 1.00. The first kappa shape index (κ1) is 18.2. The third-order valence-corrected chi connectivity index (χ3v) is 3.62. The van der Waals surface area contributed by atoms with Gasteiger partial charge in [-0.05, 0) is 23.8 Å². The lowest BCUT2D eigenvalue weighted by molar-refractivity contribution is -0.127. The van der Waals surface area contributed by atoms with E-state index in [-0.39, 0.29) is 11.5 Å². The van der Waals surface area contributed by atoms with Gasteiger partial charge in [0, 0.05) is 26.3 Å². The lowest BCUT2D eigenvalue weighted by Crippen LogP contribution is -2.11. The molecular formula is C18H17F3N2O3. The van der Waals surface area contributed by atoms with Crippen molar-refractivity contribution in [3.05, 3.63) is 42.2 Å². The van der Waals surface area contributed by atoms with Crippen LogP contribution in [0.25, 0.3) is 22.6 Å². The number of halogens is 3. The van der Waals surface area contributed by atoms with Crippen LogP contribution in [-0.4, -0.2) is 36.5 Å². The zero-order valence-electron chi connectivity index (χ0n) is 14.0. The molecule has 0 unspecified atom stereocenters. The van der Waals surface area contributed by atoms with Gasteiger partial charge in [0.2, 0.25) is 5.89 Å². The lowest BCUT2D eigenvalue weighted by atomic mass is 10.1. The summed E-state index contributed by atoms with van der Waals surface area (Å²) in [5.74, 6) is 0.763. The maximum atomic E-state index is 12.6. The summed E-state index contributed by atoms with van der Waals surface area (Å²) >= 11 is 0. The quantitative estimate of drug-likeness (QED) is 0.580. The Labute approximate surface area is 147 Å². The standard InChI is InChI=1S/C18H17F3N2O3/c1-24-7-2-8-25-16-11-22-6-5-13(16)17-23-14-9-12(10-18(19,20)21)3-4-15(14)26-17/h3-6,9,11H,2,7-8,10H2,1H3. The van der Waals surface area contributed by atoms with Crippen molar-refractivity contribution in [2.24, 2.45) is 0 Å². The number of methoxy groups -OCH3 is 1. The van der Waals surface area contributed by atoms with Crippen LogP contribution in [0.3, 0.4) is 0 Å². The molecule has 8 heteroatoms. The van der Waals surface area contributed by atoms with Crippen molar-refractivity contribution in [3.8, 4) is 17.2 Å². The molecule has 1 aromatic carbocycles. The second-order valence-corrected chi connectivity index (χ2v) is 5.68. The highest BCUT2D eigenvalue weighted by atomic mass is 19.4. The lowest BCUT2D eigenvalue weighted by Gasteiger charge is -2.08. The maximum Gasteiger partial charge on any atom is 0.393 e. The molecule has 2 heterocycles. The minimum Gasteiger partial charge on any atom is -0.491 e. The van der Waals surface area contributed by atoms with Crippen LogP contribution in [0, 0.1) is 0 Å². The van der Waals surface area contributed by atoms with Gasteiger partial charge in [0.15, 0.2) is 5.58 Å². The third-order valence-electron chi connectivity index (χ3n) is 3.62. The Morgan fingerprint density at radius 2 is 2.00 bits per heavy atom. The first-order valence-corrected chi connectivity index (χ1v) is 7.98. The highest BCUT2D eigenvalue weighted by molar-refractivity contribution is 5.78. The summed E-state index contributed by atoms with van der Waals surface area (Å²) in [7, 11) is 1.61. The molecule has 3 aromatic rings. The van der Waals surface area contributed by atoms with Crippen LogP contribution in [0.2, 0.25) is 0 Å². The molecule has 0 bridgehead atoms. The summed E-state index contributed by atoms with van der Waals surface area (Å²) in [5, 5.41) is 0. The molecule has 0 fully saturated rings. The molecule has 0 aliphatic rings. The van der Waals surface area contributed by atoms with E-state index in [0.29, 0.717) is 42.0 Å².